The SMILES string of the molecule is Cc1conc1NC(=O)NC[C@H]1CCc2nccn2C1. The predicted octanol–water partition coefficient (Wildman–Crippen LogP) is 1.56. The van der Waals surface area contributed by atoms with E-state index < -0.39 is 0 Å². The number of carbonyl (C=O) groups excluding carboxylic acids is 1. The summed E-state index contributed by atoms with van der Waals surface area (Å²) >= 11 is 0. The lowest BCUT2D eigenvalue weighted by atomic mass is 9.99. The van der Waals surface area contributed by atoms with Crippen LogP contribution in [0, 0.1) is 12.8 Å². The van der Waals surface area contributed by atoms with Crippen molar-refractivity contribution in [1.29, 1.82) is 0 Å². The van der Waals surface area contributed by atoms with Crippen LogP contribution in [0.2, 0.25) is 0 Å². The molecule has 0 aromatic carbocycles. The van der Waals surface area contributed by atoms with Gasteiger partial charge in [-0.05, 0) is 19.3 Å². The number of hydrogen-bond donors (Lipinski definition) is 2. The number of nitrogens with one attached hydrogen (secondary N) is 2. The van der Waals surface area contributed by atoms with E-state index in [1.807, 2.05) is 19.3 Å². The molecule has 20 heavy (non-hydrogen) atoms. The van der Waals surface area contributed by atoms with Crippen LogP contribution in [0.1, 0.15) is 17.8 Å². The highest BCUT2D eigenvalue weighted by Crippen LogP contribution is 2.18. The van der Waals surface area contributed by atoms with E-state index in [0.717, 1.165) is 30.8 Å². The van der Waals surface area contributed by atoms with Gasteiger partial charge in [0.25, 0.3) is 0 Å². The van der Waals surface area contributed by atoms with Gasteiger partial charge < -0.3 is 14.4 Å². The highest BCUT2D eigenvalue weighted by molar-refractivity contribution is 5.88. The average Bonchev–Trinajstić information content (AvgIpc) is 3.05. The molecule has 2 aromatic rings. The summed E-state index contributed by atoms with van der Waals surface area (Å²) in [7, 11) is 0. The fourth-order valence-corrected chi connectivity index (χ4v) is 2.40. The standard InChI is InChI=1S/C13H17N5O2/c1-9-8-20-17-12(9)16-13(19)15-6-10-2-3-11-14-4-5-18(11)7-10/h4-5,8,10H,2-3,6-7H2,1H3,(H2,15,16,17,19)/t10-/m1/s1. The first-order chi connectivity index (χ1) is 9.72. The minimum absolute atomic E-state index is 0.251. The summed E-state index contributed by atoms with van der Waals surface area (Å²) < 4.78 is 6.92. The monoisotopic (exact) mass is 275 g/mol. The number of hydrogen-bond acceptors (Lipinski definition) is 4. The molecular formula is C13H17N5O2. The quantitative estimate of drug-likeness (QED) is 0.890. The van der Waals surface area contributed by atoms with Crippen LogP contribution in [0.5, 0.6) is 0 Å². The minimum Gasteiger partial charge on any atom is -0.362 e. The van der Waals surface area contributed by atoms with Crippen molar-refractivity contribution in [3.63, 3.8) is 0 Å². The van der Waals surface area contributed by atoms with Gasteiger partial charge in [-0.3, -0.25) is 5.32 Å². The number of aromatic nitrogens is 3. The third-order valence-electron chi connectivity index (χ3n) is 3.56. The predicted molar refractivity (Wildman–Crippen MR) is 72.3 cm³/mol. The molecule has 1 atom stereocenters. The second kappa shape index (κ2) is 5.36. The Hall–Kier alpha value is -2.31. The van der Waals surface area contributed by atoms with Crippen molar-refractivity contribution >= 4 is 11.8 Å². The van der Waals surface area contributed by atoms with Gasteiger partial charge in [-0.1, -0.05) is 5.16 Å². The average molecular weight is 275 g/mol. The Bertz CT molecular complexity index is 603. The molecule has 7 heteroatoms. The van der Waals surface area contributed by atoms with E-state index >= 15 is 0 Å². The Morgan fingerprint density at radius 3 is 3.30 bits per heavy atom. The molecule has 0 unspecified atom stereocenters. The number of anilines is 1. The molecule has 7 nitrogen and oxygen atoms in total. The van der Waals surface area contributed by atoms with Crippen LogP contribution in [0.15, 0.2) is 23.2 Å². The number of urea groups is 1. The van der Waals surface area contributed by atoms with Crippen molar-refractivity contribution in [3.8, 4) is 0 Å². The van der Waals surface area contributed by atoms with Gasteiger partial charge in [-0.2, -0.15) is 0 Å². The third-order valence-corrected chi connectivity index (χ3v) is 3.56. The number of aryl methyl sites for hydroxylation is 2. The van der Waals surface area contributed by atoms with Crippen LogP contribution in [-0.2, 0) is 13.0 Å². The van der Waals surface area contributed by atoms with Crippen molar-refractivity contribution in [2.75, 3.05) is 11.9 Å². The molecule has 0 saturated heterocycles. The van der Waals surface area contributed by atoms with Crippen LogP contribution in [0.3, 0.4) is 0 Å². The first-order valence-corrected chi connectivity index (χ1v) is 6.68. The van der Waals surface area contributed by atoms with Gasteiger partial charge in [0.05, 0.1) is 0 Å². The molecule has 0 bridgehead atoms. The maximum absolute atomic E-state index is 11.8. The van der Waals surface area contributed by atoms with Gasteiger partial charge in [0.15, 0.2) is 5.82 Å². The summed E-state index contributed by atoms with van der Waals surface area (Å²) in [5.74, 6) is 2.02. The van der Waals surface area contributed by atoms with Crippen LogP contribution >= 0.6 is 0 Å². The van der Waals surface area contributed by atoms with Crippen LogP contribution in [-0.4, -0.2) is 27.3 Å². The Kier molecular flexibility index (Phi) is 3.41. The van der Waals surface area contributed by atoms with Crippen molar-refractivity contribution in [2.24, 2.45) is 5.92 Å². The number of fused-ring (bicyclic) bond motifs is 1. The number of carbonyl (C=O) groups is 1. The highest BCUT2D eigenvalue weighted by Gasteiger charge is 2.19. The first-order valence-electron chi connectivity index (χ1n) is 6.68. The summed E-state index contributed by atoms with van der Waals surface area (Å²) in [6, 6.07) is -0.251. The maximum atomic E-state index is 11.8. The van der Waals surface area contributed by atoms with E-state index in [1.54, 1.807) is 0 Å². The summed E-state index contributed by atoms with van der Waals surface area (Å²) in [6.07, 6.45) is 7.31. The van der Waals surface area contributed by atoms with E-state index in [1.165, 1.54) is 6.26 Å². The van der Waals surface area contributed by atoms with Crippen molar-refractivity contribution in [1.82, 2.24) is 20.0 Å². The van der Waals surface area contributed by atoms with Gasteiger partial charge in [-0.25, -0.2) is 9.78 Å². The number of rotatable bonds is 3. The first kappa shape index (κ1) is 12.7. The summed E-state index contributed by atoms with van der Waals surface area (Å²) in [5.41, 5.74) is 0.806. The molecule has 3 heterocycles. The largest absolute Gasteiger partial charge is 0.362 e. The Balaban J connectivity index is 1.48. The van der Waals surface area contributed by atoms with Gasteiger partial charge in [0, 0.05) is 37.5 Å². The third kappa shape index (κ3) is 2.66. The topological polar surface area (TPSA) is 85.0 Å². The van der Waals surface area contributed by atoms with E-state index in [4.69, 9.17) is 4.52 Å². The zero-order valence-corrected chi connectivity index (χ0v) is 11.3. The molecule has 2 amide bonds. The fraction of sp³-hybridized carbons (Fsp3) is 0.462. The fourth-order valence-electron chi connectivity index (χ4n) is 2.40. The van der Waals surface area contributed by atoms with Crippen molar-refractivity contribution < 1.29 is 9.32 Å². The van der Waals surface area contributed by atoms with E-state index in [0.29, 0.717) is 18.3 Å². The number of amides is 2. The Labute approximate surface area is 116 Å². The van der Waals surface area contributed by atoms with Gasteiger partial charge in [-0.15, -0.1) is 0 Å². The highest BCUT2D eigenvalue weighted by atomic mass is 16.5. The molecule has 1 aliphatic heterocycles. The smallest absolute Gasteiger partial charge is 0.320 e. The molecule has 2 aromatic heterocycles. The van der Waals surface area contributed by atoms with Gasteiger partial charge in [0.1, 0.15) is 12.1 Å². The lowest BCUT2D eigenvalue weighted by Crippen LogP contribution is -2.36. The normalized spacial score (nSPS) is 17.6. The second-order valence-corrected chi connectivity index (χ2v) is 5.08. The molecule has 2 N–H and O–H groups in total. The lowest BCUT2D eigenvalue weighted by Gasteiger charge is -2.23. The molecule has 0 saturated carbocycles. The molecule has 0 fully saturated rings. The molecule has 0 spiro atoms. The summed E-state index contributed by atoms with van der Waals surface area (Å²) in [6.45, 7) is 3.37. The van der Waals surface area contributed by atoms with Gasteiger partial charge >= 0.3 is 6.03 Å². The van der Waals surface area contributed by atoms with Gasteiger partial charge in [0.2, 0.25) is 0 Å². The molecule has 106 valence electrons. The van der Waals surface area contributed by atoms with Crippen LogP contribution < -0.4 is 10.6 Å². The van der Waals surface area contributed by atoms with Crippen LogP contribution in [0.4, 0.5) is 10.6 Å². The number of imidazole rings is 1. The zero-order chi connectivity index (χ0) is 13.9. The molecule has 0 radical (unpaired) electrons. The van der Waals surface area contributed by atoms with Crippen molar-refractivity contribution in [3.05, 3.63) is 30.0 Å². The van der Waals surface area contributed by atoms with Crippen LogP contribution in [0.25, 0.3) is 0 Å². The van der Waals surface area contributed by atoms with E-state index in [-0.39, 0.29) is 6.03 Å². The maximum Gasteiger partial charge on any atom is 0.320 e. The van der Waals surface area contributed by atoms with E-state index in [2.05, 4.69) is 25.3 Å². The molecule has 3 rings (SSSR count). The molecular weight excluding hydrogens is 258 g/mol. The minimum atomic E-state index is -0.251. The second-order valence-electron chi connectivity index (χ2n) is 5.08. The van der Waals surface area contributed by atoms with E-state index in [9.17, 15) is 4.79 Å². The Morgan fingerprint density at radius 2 is 2.50 bits per heavy atom. The number of nitrogens with zero attached hydrogens (tertiary/aromatic N) is 3. The lowest BCUT2D eigenvalue weighted by molar-refractivity contribution is 0.247. The zero-order valence-electron chi connectivity index (χ0n) is 11.3. The summed E-state index contributed by atoms with van der Waals surface area (Å²) in [4.78, 5) is 16.1. The molecule has 0 aliphatic carbocycles. The molecule has 1 aliphatic rings. The summed E-state index contributed by atoms with van der Waals surface area (Å²) in [5, 5.41) is 9.26. The van der Waals surface area contributed by atoms with Crippen molar-refractivity contribution in [2.45, 2.75) is 26.3 Å². The Morgan fingerprint density at radius 1 is 1.60 bits per heavy atom.